The van der Waals surface area contributed by atoms with Crippen LogP contribution in [0.25, 0.3) is 0 Å². The summed E-state index contributed by atoms with van der Waals surface area (Å²) in [4.78, 5) is 41.0. The van der Waals surface area contributed by atoms with Crippen LogP contribution in [0.1, 0.15) is 24.2 Å². The molecule has 1 aliphatic rings. The Hall–Kier alpha value is -3.03. The van der Waals surface area contributed by atoms with Crippen LogP contribution in [0.3, 0.4) is 0 Å². The van der Waals surface area contributed by atoms with Crippen LogP contribution < -0.4 is 10.2 Å². The Labute approximate surface area is 152 Å². The number of rotatable bonds is 4. The number of nitrogens with one attached hydrogen (secondary N) is 1. The van der Waals surface area contributed by atoms with Gasteiger partial charge >= 0.3 is 0 Å². The van der Waals surface area contributed by atoms with Crippen molar-refractivity contribution in [2.45, 2.75) is 13.8 Å². The zero-order chi connectivity index (χ0) is 18.5. The Morgan fingerprint density at radius 3 is 2.50 bits per heavy atom. The molecule has 8 heteroatoms. The van der Waals surface area contributed by atoms with Gasteiger partial charge in [0.15, 0.2) is 0 Å². The molecule has 8 nitrogen and oxygen atoms in total. The van der Waals surface area contributed by atoms with Gasteiger partial charge in [-0.05, 0) is 12.1 Å². The maximum atomic E-state index is 12.8. The van der Waals surface area contributed by atoms with Crippen LogP contribution in [0.2, 0.25) is 0 Å². The van der Waals surface area contributed by atoms with Gasteiger partial charge in [0, 0.05) is 56.3 Å². The Morgan fingerprint density at radius 2 is 1.85 bits per heavy atom. The lowest BCUT2D eigenvalue weighted by atomic mass is 10.2. The summed E-state index contributed by atoms with van der Waals surface area (Å²) in [5.74, 6) is 0.881. The first-order valence-corrected chi connectivity index (χ1v) is 8.62. The van der Waals surface area contributed by atoms with Crippen molar-refractivity contribution >= 4 is 23.5 Å². The number of pyridine rings is 1. The molecule has 3 rings (SSSR count). The van der Waals surface area contributed by atoms with Crippen molar-refractivity contribution in [1.29, 1.82) is 0 Å². The van der Waals surface area contributed by atoms with E-state index in [1.807, 2.05) is 0 Å². The summed E-state index contributed by atoms with van der Waals surface area (Å²) in [5, 5.41) is 2.72. The molecule has 0 radical (unpaired) electrons. The van der Waals surface area contributed by atoms with Crippen molar-refractivity contribution in [3.63, 3.8) is 0 Å². The minimum atomic E-state index is -0.148. The fraction of sp³-hybridized carbons (Fsp3) is 0.389. The molecule has 0 bridgehead atoms. The van der Waals surface area contributed by atoms with E-state index in [1.54, 1.807) is 55.7 Å². The zero-order valence-corrected chi connectivity index (χ0v) is 14.9. The van der Waals surface area contributed by atoms with Gasteiger partial charge in [-0.2, -0.15) is 0 Å². The number of hydrogen-bond acceptors (Lipinski definition) is 6. The predicted molar refractivity (Wildman–Crippen MR) is 97.9 cm³/mol. The van der Waals surface area contributed by atoms with E-state index < -0.39 is 0 Å². The van der Waals surface area contributed by atoms with E-state index >= 15 is 0 Å². The van der Waals surface area contributed by atoms with E-state index in [0.717, 1.165) is 5.82 Å². The fourth-order valence-electron chi connectivity index (χ4n) is 2.68. The van der Waals surface area contributed by atoms with E-state index in [4.69, 9.17) is 0 Å². The van der Waals surface area contributed by atoms with E-state index in [1.165, 1.54) is 0 Å². The van der Waals surface area contributed by atoms with Crippen LogP contribution in [0.5, 0.6) is 0 Å². The molecule has 1 aliphatic heterocycles. The molecule has 1 saturated heterocycles. The molecular formula is C18H22N6O2. The fourth-order valence-corrected chi connectivity index (χ4v) is 2.68. The molecule has 26 heavy (non-hydrogen) atoms. The quantitative estimate of drug-likeness (QED) is 0.893. The van der Waals surface area contributed by atoms with Gasteiger partial charge in [0.1, 0.15) is 11.6 Å². The van der Waals surface area contributed by atoms with Crippen molar-refractivity contribution < 1.29 is 9.59 Å². The van der Waals surface area contributed by atoms with Gasteiger partial charge in [0.2, 0.25) is 5.91 Å². The van der Waals surface area contributed by atoms with Crippen molar-refractivity contribution in [2.75, 3.05) is 36.4 Å². The number of anilines is 2. The summed E-state index contributed by atoms with van der Waals surface area (Å²) < 4.78 is 0. The maximum Gasteiger partial charge on any atom is 0.254 e. The van der Waals surface area contributed by atoms with Crippen LogP contribution in [0, 0.1) is 5.92 Å². The highest BCUT2D eigenvalue weighted by Gasteiger charge is 2.23. The Bertz CT molecular complexity index is 772. The van der Waals surface area contributed by atoms with Crippen LogP contribution in [-0.4, -0.2) is 57.8 Å². The van der Waals surface area contributed by atoms with Gasteiger partial charge in [-0.1, -0.05) is 13.8 Å². The molecule has 3 heterocycles. The number of hydrogen-bond donors (Lipinski definition) is 1. The smallest absolute Gasteiger partial charge is 0.254 e. The molecule has 0 spiro atoms. The average Bonchev–Trinajstić information content (AvgIpc) is 2.68. The standard InChI is InChI=1S/C18H22N6O2/c1-13(2)17(25)22-15-11-14(3-4-20-15)18(26)24-9-7-23(8-10-24)16-12-19-5-6-21-16/h3-6,11-13H,7-10H2,1-2H3,(H,20,22,25). The Morgan fingerprint density at radius 1 is 1.08 bits per heavy atom. The number of amides is 2. The van der Waals surface area contributed by atoms with Crippen molar-refractivity contribution in [3.8, 4) is 0 Å². The van der Waals surface area contributed by atoms with E-state index in [9.17, 15) is 9.59 Å². The first kappa shape index (κ1) is 17.8. The highest BCUT2D eigenvalue weighted by Crippen LogP contribution is 2.15. The summed E-state index contributed by atoms with van der Waals surface area (Å²) >= 11 is 0. The number of piperazine rings is 1. The molecule has 136 valence electrons. The first-order chi connectivity index (χ1) is 12.5. The topological polar surface area (TPSA) is 91.3 Å². The SMILES string of the molecule is CC(C)C(=O)Nc1cc(C(=O)N2CCN(c3cnccn3)CC2)ccn1. The second kappa shape index (κ2) is 7.90. The lowest BCUT2D eigenvalue weighted by molar-refractivity contribution is -0.118. The van der Waals surface area contributed by atoms with E-state index in [-0.39, 0.29) is 17.7 Å². The molecule has 0 saturated carbocycles. The minimum absolute atomic E-state index is 0.0637. The summed E-state index contributed by atoms with van der Waals surface area (Å²) in [6, 6.07) is 3.29. The van der Waals surface area contributed by atoms with Gasteiger partial charge in [0.25, 0.3) is 5.91 Å². The molecule has 1 N–H and O–H groups in total. The average molecular weight is 354 g/mol. The lowest BCUT2D eigenvalue weighted by Crippen LogP contribution is -2.49. The van der Waals surface area contributed by atoms with Crippen LogP contribution in [0.4, 0.5) is 11.6 Å². The minimum Gasteiger partial charge on any atom is -0.352 e. The van der Waals surface area contributed by atoms with Gasteiger partial charge in [-0.3, -0.25) is 14.6 Å². The second-order valence-corrected chi connectivity index (χ2v) is 6.42. The maximum absolute atomic E-state index is 12.8. The normalized spacial score (nSPS) is 14.4. The van der Waals surface area contributed by atoms with Crippen molar-refractivity contribution in [3.05, 3.63) is 42.5 Å². The predicted octanol–water partition coefficient (Wildman–Crippen LogP) is 1.43. The van der Waals surface area contributed by atoms with Crippen molar-refractivity contribution in [1.82, 2.24) is 19.9 Å². The summed E-state index contributed by atoms with van der Waals surface area (Å²) in [7, 11) is 0. The molecule has 2 amide bonds. The Kier molecular flexibility index (Phi) is 5.40. The second-order valence-electron chi connectivity index (χ2n) is 6.42. The van der Waals surface area contributed by atoms with Gasteiger partial charge < -0.3 is 15.1 Å². The molecular weight excluding hydrogens is 332 g/mol. The van der Waals surface area contributed by atoms with Crippen LogP contribution >= 0.6 is 0 Å². The number of carbonyl (C=O) groups excluding carboxylic acids is 2. The van der Waals surface area contributed by atoms with Gasteiger partial charge in [-0.15, -0.1) is 0 Å². The van der Waals surface area contributed by atoms with Gasteiger partial charge in [-0.25, -0.2) is 9.97 Å². The monoisotopic (exact) mass is 354 g/mol. The van der Waals surface area contributed by atoms with Gasteiger partial charge in [0.05, 0.1) is 6.20 Å². The van der Waals surface area contributed by atoms with Crippen LogP contribution in [0.15, 0.2) is 36.9 Å². The molecule has 0 aliphatic carbocycles. The number of aromatic nitrogens is 3. The third-order valence-electron chi connectivity index (χ3n) is 4.22. The molecule has 1 fully saturated rings. The number of nitrogens with zero attached hydrogens (tertiary/aromatic N) is 5. The zero-order valence-electron chi connectivity index (χ0n) is 14.9. The number of carbonyl (C=O) groups is 2. The first-order valence-electron chi connectivity index (χ1n) is 8.62. The molecule has 0 aromatic carbocycles. The molecule has 0 atom stereocenters. The summed E-state index contributed by atoms with van der Waals surface area (Å²) in [5.41, 5.74) is 0.520. The highest BCUT2D eigenvalue weighted by atomic mass is 16.2. The van der Waals surface area contributed by atoms with E-state index in [0.29, 0.717) is 37.6 Å². The molecule has 0 unspecified atom stereocenters. The summed E-state index contributed by atoms with van der Waals surface area (Å²) in [6.07, 6.45) is 6.57. The Balaban J connectivity index is 1.62. The largest absolute Gasteiger partial charge is 0.352 e. The third kappa shape index (κ3) is 4.14. The lowest BCUT2D eigenvalue weighted by Gasteiger charge is -2.35. The highest BCUT2D eigenvalue weighted by molar-refractivity contribution is 5.97. The van der Waals surface area contributed by atoms with E-state index in [2.05, 4.69) is 25.2 Å². The molecule has 2 aromatic heterocycles. The van der Waals surface area contributed by atoms with Crippen molar-refractivity contribution in [2.24, 2.45) is 5.92 Å². The van der Waals surface area contributed by atoms with Crippen LogP contribution in [-0.2, 0) is 4.79 Å². The third-order valence-corrected chi connectivity index (χ3v) is 4.22. The molecule has 2 aromatic rings. The summed E-state index contributed by atoms with van der Waals surface area (Å²) in [6.45, 7) is 6.22.